The van der Waals surface area contributed by atoms with Crippen LogP contribution in [0.1, 0.15) is 67.2 Å². The SMILES string of the molecule is CC/C=C(/CC)C(=O)OCC.CCOC(=O)C(CC)C(CC)C[N+](=O)[O-].C[N+](=O)[O-].O=C=O.O=C=O. The van der Waals surface area contributed by atoms with Gasteiger partial charge in [-0.15, -0.1) is 0 Å². The average molecular weight is 523 g/mol. The van der Waals surface area contributed by atoms with Crippen molar-refractivity contribution in [2.45, 2.75) is 67.2 Å². The summed E-state index contributed by atoms with van der Waals surface area (Å²) in [4.78, 5) is 73.4. The molecule has 0 bridgehead atoms. The third-order valence-corrected chi connectivity index (χ3v) is 3.88. The summed E-state index contributed by atoms with van der Waals surface area (Å²) in [5.41, 5.74) is 0.786. The molecule has 2 atom stereocenters. The van der Waals surface area contributed by atoms with Crippen LogP contribution in [0.4, 0.5) is 0 Å². The summed E-state index contributed by atoms with van der Waals surface area (Å²) in [7, 11) is 0.889. The predicted octanol–water partition coefficient (Wildman–Crippen LogP) is 2.90. The van der Waals surface area contributed by atoms with E-state index < -0.39 is 4.92 Å². The van der Waals surface area contributed by atoms with Crippen molar-refractivity contribution in [2.75, 3.05) is 26.8 Å². The lowest BCUT2D eigenvalue weighted by atomic mass is 9.88. The Labute approximate surface area is 210 Å². The molecule has 0 aromatic heterocycles. The highest BCUT2D eigenvalue weighted by Crippen LogP contribution is 2.21. The zero-order chi connectivity index (χ0) is 29.5. The van der Waals surface area contributed by atoms with Crippen molar-refractivity contribution in [1.82, 2.24) is 0 Å². The van der Waals surface area contributed by atoms with Crippen LogP contribution in [0.15, 0.2) is 11.6 Å². The quantitative estimate of drug-likeness (QED) is 0.166. The van der Waals surface area contributed by atoms with Crippen molar-refractivity contribution in [1.29, 1.82) is 0 Å². The van der Waals surface area contributed by atoms with Crippen LogP contribution in [-0.4, -0.2) is 60.9 Å². The first-order valence-corrected chi connectivity index (χ1v) is 11.1. The van der Waals surface area contributed by atoms with Crippen LogP contribution in [0.5, 0.6) is 0 Å². The molecule has 0 aliphatic carbocycles. The summed E-state index contributed by atoms with van der Waals surface area (Å²) in [5.74, 6) is -1.05. The van der Waals surface area contributed by atoms with Gasteiger partial charge in [-0.05, 0) is 39.5 Å². The lowest BCUT2D eigenvalue weighted by Gasteiger charge is -2.19. The van der Waals surface area contributed by atoms with Gasteiger partial charge in [-0.25, -0.2) is 4.79 Å². The van der Waals surface area contributed by atoms with Crippen molar-refractivity contribution in [2.24, 2.45) is 11.8 Å². The van der Waals surface area contributed by atoms with Crippen molar-refractivity contribution >= 4 is 24.2 Å². The lowest BCUT2D eigenvalue weighted by molar-refractivity contribution is -0.489. The topological polar surface area (TPSA) is 207 Å². The van der Waals surface area contributed by atoms with Crippen LogP contribution < -0.4 is 0 Å². The van der Waals surface area contributed by atoms with Crippen LogP contribution in [0.3, 0.4) is 0 Å². The van der Waals surface area contributed by atoms with E-state index in [9.17, 15) is 19.7 Å². The highest BCUT2D eigenvalue weighted by atomic mass is 16.6. The van der Waals surface area contributed by atoms with Gasteiger partial charge in [0.05, 0.1) is 19.1 Å². The Hall–Kier alpha value is -3.76. The van der Waals surface area contributed by atoms with Crippen LogP contribution in [-0.2, 0) is 38.2 Å². The van der Waals surface area contributed by atoms with E-state index in [4.69, 9.17) is 38.8 Å². The van der Waals surface area contributed by atoms with Crippen LogP contribution in [0.25, 0.3) is 0 Å². The summed E-state index contributed by atoms with van der Waals surface area (Å²) in [5, 5.41) is 19.2. The first kappa shape index (κ1) is 42.4. The number of ether oxygens (including phenoxy) is 2. The van der Waals surface area contributed by atoms with Gasteiger partial charge in [-0.3, -0.25) is 25.0 Å². The van der Waals surface area contributed by atoms with Crippen molar-refractivity contribution < 1.29 is 48.1 Å². The maximum absolute atomic E-state index is 11.5. The molecule has 0 aliphatic heterocycles. The van der Waals surface area contributed by atoms with E-state index in [1.54, 1.807) is 6.92 Å². The fourth-order valence-electron chi connectivity index (χ4n) is 2.52. The molecule has 14 heteroatoms. The van der Waals surface area contributed by atoms with E-state index >= 15 is 0 Å². The Bertz CT molecular complexity index is 679. The third-order valence-electron chi connectivity index (χ3n) is 3.88. The van der Waals surface area contributed by atoms with Gasteiger partial charge in [0.1, 0.15) is 0 Å². The second-order valence-electron chi connectivity index (χ2n) is 6.27. The van der Waals surface area contributed by atoms with Crippen LogP contribution in [0, 0.1) is 32.1 Å². The van der Waals surface area contributed by atoms with E-state index in [0.717, 1.165) is 25.5 Å². The minimum Gasteiger partial charge on any atom is -0.466 e. The Morgan fingerprint density at radius 3 is 1.53 bits per heavy atom. The maximum atomic E-state index is 11.5. The largest absolute Gasteiger partial charge is 0.466 e. The second-order valence-corrected chi connectivity index (χ2v) is 6.27. The van der Waals surface area contributed by atoms with Gasteiger partial charge >= 0.3 is 24.2 Å². The average Bonchev–Trinajstić information content (AvgIpc) is 2.78. The first-order valence-electron chi connectivity index (χ1n) is 11.1. The Morgan fingerprint density at radius 2 is 1.28 bits per heavy atom. The summed E-state index contributed by atoms with van der Waals surface area (Å²) in [6.07, 6.45) is 5.27. The molecule has 36 heavy (non-hydrogen) atoms. The summed E-state index contributed by atoms with van der Waals surface area (Å²) >= 11 is 0. The number of allylic oxidation sites excluding steroid dienone is 1. The van der Waals surface area contributed by atoms with Gasteiger partial charge in [0, 0.05) is 21.3 Å². The Balaban J connectivity index is -0.000000132. The molecule has 0 amide bonds. The van der Waals surface area contributed by atoms with Gasteiger partial charge in [-0.1, -0.05) is 33.8 Å². The molecule has 0 aromatic carbocycles. The minimum atomic E-state index is -0.500. The molecule has 14 nitrogen and oxygen atoms in total. The van der Waals surface area contributed by atoms with Gasteiger partial charge in [0.15, 0.2) is 7.05 Å². The number of esters is 2. The third kappa shape index (κ3) is 34.8. The maximum Gasteiger partial charge on any atom is 0.373 e. The van der Waals surface area contributed by atoms with Gasteiger partial charge in [0.25, 0.3) is 0 Å². The zero-order valence-electron chi connectivity index (χ0n) is 22.0. The highest BCUT2D eigenvalue weighted by molar-refractivity contribution is 5.88. The number of nitro groups is 2. The predicted molar refractivity (Wildman–Crippen MR) is 124 cm³/mol. The molecule has 0 radical (unpaired) electrons. The summed E-state index contributed by atoms with van der Waals surface area (Å²) in [6.45, 7) is 11.8. The summed E-state index contributed by atoms with van der Waals surface area (Å²) < 4.78 is 9.74. The molecule has 0 saturated heterocycles. The van der Waals surface area contributed by atoms with E-state index in [0.29, 0.717) is 26.1 Å². The fraction of sp³-hybridized carbons (Fsp3) is 0.727. The number of carbonyl (C=O) groups excluding carboxylic acids is 6. The molecule has 0 saturated carbocycles. The molecule has 0 heterocycles. The number of hydrogen-bond donors (Lipinski definition) is 0. The van der Waals surface area contributed by atoms with Crippen LogP contribution in [0.2, 0.25) is 0 Å². The molecular weight excluding hydrogens is 484 g/mol. The molecule has 208 valence electrons. The molecule has 2 unspecified atom stereocenters. The van der Waals surface area contributed by atoms with Crippen molar-refractivity contribution in [3.05, 3.63) is 31.9 Å². The zero-order valence-corrected chi connectivity index (χ0v) is 22.0. The Kier molecular flexibility index (Phi) is 39.4. The standard InChI is InChI=1S/C10H19NO4.C9H16O2.CH3NO2.2CO2/c1-4-8(7-11(13)14)9(5-2)10(12)15-6-3;1-4-7-8(5-2)9(10)11-6-3;1-2(3)4;2*2-1-3/h8-9H,4-7H2,1-3H3;7H,4-6H2,1-3H3;1H3;;/b;8-7-;;;. The highest BCUT2D eigenvalue weighted by Gasteiger charge is 2.30. The molecule has 0 rings (SSSR count). The van der Waals surface area contributed by atoms with Gasteiger partial charge < -0.3 is 9.47 Å². The van der Waals surface area contributed by atoms with Crippen LogP contribution >= 0.6 is 0 Å². The molecule has 0 spiro atoms. The van der Waals surface area contributed by atoms with E-state index in [1.807, 2.05) is 40.7 Å². The molecular formula is C22H38N2O12. The smallest absolute Gasteiger partial charge is 0.373 e. The number of hydrogen-bond acceptors (Lipinski definition) is 12. The minimum absolute atomic E-state index is 0.159. The Morgan fingerprint density at radius 1 is 0.861 bits per heavy atom. The molecule has 0 aromatic rings. The molecule has 0 aliphatic rings. The van der Waals surface area contributed by atoms with Gasteiger partial charge in [0.2, 0.25) is 6.54 Å². The number of nitrogens with zero attached hydrogens (tertiary/aromatic N) is 2. The second kappa shape index (κ2) is 33.4. The van der Waals surface area contributed by atoms with Gasteiger partial charge in [-0.2, -0.15) is 19.2 Å². The molecule has 0 fully saturated rings. The van der Waals surface area contributed by atoms with E-state index in [1.165, 1.54) is 0 Å². The monoisotopic (exact) mass is 522 g/mol. The fourth-order valence-corrected chi connectivity index (χ4v) is 2.52. The number of rotatable bonds is 11. The lowest BCUT2D eigenvalue weighted by Crippen LogP contribution is -2.29. The first-order chi connectivity index (χ1) is 16.9. The van der Waals surface area contributed by atoms with E-state index in [2.05, 4.69) is 0 Å². The normalized spacial score (nSPS) is 10.6. The number of carbonyl (C=O) groups is 2. The molecule has 0 N–H and O–H groups in total. The summed E-state index contributed by atoms with van der Waals surface area (Å²) in [6, 6.07) is 0. The van der Waals surface area contributed by atoms with Crippen molar-refractivity contribution in [3.63, 3.8) is 0 Å². The van der Waals surface area contributed by atoms with Crippen molar-refractivity contribution in [3.8, 4) is 0 Å². The van der Waals surface area contributed by atoms with E-state index in [-0.39, 0.29) is 47.5 Å².